The average Bonchev–Trinajstić information content (AvgIpc) is 3.42. The maximum atomic E-state index is 12.5. The largest absolute Gasteiger partial charge is 0.350 e. The number of aromatic nitrogens is 4. The van der Waals surface area contributed by atoms with Crippen LogP contribution in [0.4, 0.5) is 17.5 Å². The molecule has 9 heteroatoms. The lowest BCUT2D eigenvalue weighted by atomic mass is 10.1. The molecule has 0 unspecified atom stereocenters. The van der Waals surface area contributed by atoms with Gasteiger partial charge in [0.1, 0.15) is 11.7 Å². The van der Waals surface area contributed by atoms with Crippen molar-refractivity contribution < 1.29 is 4.79 Å². The monoisotopic (exact) mass is 423 g/mol. The van der Waals surface area contributed by atoms with Crippen molar-refractivity contribution in [2.45, 2.75) is 32.0 Å². The minimum Gasteiger partial charge on any atom is -0.350 e. The first kappa shape index (κ1) is 18.9. The lowest BCUT2D eigenvalue weighted by Crippen LogP contribution is -2.49. The van der Waals surface area contributed by atoms with E-state index in [9.17, 15) is 4.79 Å². The summed E-state index contributed by atoms with van der Waals surface area (Å²) in [4.78, 5) is 25.4. The molecular formula is C21H22ClN7O. The number of nitrogens with zero attached hydrogens (tertiary/aromatic N) is 6. The zero-order valence-electron chi connectivity index (χ0n) is 16.6. The number of hydrogen-bond donors (Lipinski definition) is 1. The second-order valence-electron chi connectivity index (χ2n) is 7.68. The van der Waals surface area contributed by atoms with Gasteiger partial charge in [-0.1, -0.05) is 23.7 Å². The Kier molecular flexibility index (Phi) is 4.78. The summed E-state index contributed by atoms with van der Waals surface area (Å²) in [7, 11) is 1.79. The van der Waals surface area contributed by atoms with Crippen molar-refractivity contribution in [3.05, 3.63) is 59.0 Å². The summed E-state index contributed by atoms with van der Waals surface area (Å²) >= 11 is 5.94. The number of benzene rings is 1. The number of hydrogen-bond acceptors (Lipinski definition) is 6. The van der Waals surface area contributed by atoms with Crippen LogP contribution >= 0.6 is 11.6 Å². The van der Waals surface area contributed by atoms with E-state index < -0.39 is 0 Å². The van der Waals surface area contributed by atoms with Gasteiger partial charge in [-0.3, -0.25) is 9.48 Å². The molecule has 1 aromatic carbocycles. The van der Waals surface area contributed by atoms with Gasteiger partial charge in [-0.05, 0) is 30.5 Å². The van der Waals surface area contributed by atoms with E-state index in [2.05, 4.69) is 20.3 Å². The van der Waals surface area contributed by atoms with Gasteiger partial charge in [-0.25, -0.2) is 4.98 Å². The van der Waals surface area contributed by atoms with E-state index >= 15 is 0 Å². The number of amides is 1. The second-order valence-corrected chi connectivity index (χ2v) is 8.11. The van der Waals surface area contributed by atoms with E-state index in [-0.39, 0.29) is 11.9 Å². The smallest absolute Gasteiger partial charge is 0.249 e. The van der Waals surface area contributed by atoms with Gasteiger partial charge in [0.25, 0.3) is 0 Å². The molecule has 30 heavy (non-hydrogen) atoms. The first-order valence-electron chi connectivity index (χ1n) is 9.99. The number of anilines is 3. The van der Waals surface area contributed by atoms with E-state index in [1.165, 1.54) is 0 Å². The molecule has 4 heterocycles. The molecule has 5 rings (SSSR count). The molecular weight excluding hydrogens is 402 g/mol. The Morgan fingerprint density at radius 1 is 1.20 bits per heavy atom. The van der Waals surface area contributed by atoms with Gasteiger partial charge in [-0.2, -0.15) is 10.1 Å². The van der Waals surface area contributed by atoms with Crippen LogP contribution < -0.4 is 15.1 Å². The summed E-state index contributed by atoms with van der Waals surface area (Å²) in [6, 6.07) is 7.65. The highest BCUT2D eigenvalue weighted by Crippen LogP contribution is 2.37. The van der Waals surface area contributed by atoms with E-state index in [4.69, 9.17) is 16.6 Å². The van der Waals surface area contributed by atoms with Gasteiger partial charge >= 0.3 is 0 Å². The Balaban J connectivity index is 1.27. The maximum Gasteiger partial charge on any atom is 0.249 e. The number of likely N-dealkylation sites (N-methyl/N-ethyl adjacent to an activating group) is 1. The fourth-order valence-electron chi connectivity index (χ4n) is 4.06. The van der Waals surface area contributed by atoms with Gasteiger partial charge in [0.2, 0.25) is 11.9 Å². The van der Waals surface area contributed by atoms with Crippen LogP contribution in [-0.4, -0.2) is 45.3 Å². The van der Waals surface area contributed by atoms with Crippen molar-refractivity contribution in [2.75, 3.05) is 28.7 Å². The van der Waals surface area contributed by atoms with Crippen molar-refractivity contribution in [2.24, 2.45) is 0 Å². The molecule has 2 aliphatic rings. The third kappa shape index (κ3) is 3.47. The van der Waals surface area contributed by atoms with Crippen molar-refractivity contribution in [3.63, 3.8) is 0 Å². The Morgan fingerprint density at radius 2 is 2.03 bits per heavy atom. The average molecular weight is 424 g/mol. The first-order chi connectivity index (χ1) is 14.6. The van der Waals surface area contributed by atoms with Crippen LogP contribution in [0.25, 0.3) is 0 Å². The van der Waals surface area contributed by atoms with Gasteiger partial charge in [-0.15, -0.1) is 0 Å². The molecule has 1 N–H and O–H groups in total. The molecule has 3 aromatic rings. The van der Waals surface area contributed by atoms with Crippen LogP contribution in [0.1, 0.15) is 24.0 Å². The van der Waals surface area contributed by atoms with Crippen molar-refractivity contribution in [1.29, 1.82) is 0 Å². The molecule has 1 fully saturated rings. The molecule has 1 atom stereocenters. The van der Waals surface area contributed by atoms with E-state index in [0.29, 0.717) is 19.0 Å². The molecule has 2 aromatic heterocycles. The number of fused-ring (bicyclic) bond motifs is 3. The number of carbonyl (C=O) groups is 1. The van der Waals surface area contributed by atoms with E-state index in [1.54, 1.807) is 18.1 Å². The van der Waals surface area contributed by atoms with E-state index in [0.717, 1.165) is 47.0 Å². The number of rotatable bonds is 5. The fourth-order valence-corrected chi connectivity index (χ4v) is 4.19. The number of nitrogens with one attached hydrogen (secondary N) is 1. The van der Waals surface area contributed by atoms with Crippen LogP contribution in [0, 0.1) is 0 Å². The van der Waals surface area contributed by atoms with Gasteiger partial charge in [0, 0.05) is 36.9 Å². The summed E-state index contributed by atoms with van der Waals surface area (Å²) in [5.74, 6) is 1.50. The molecule has 1 saturated heterocycles. The summed E-state index contributed by atoms with van der Waals surface area (Å²) in [6.45, 7) is 2.10. The second kappa shape index (κ2) is 7.60. The summed E-state index contributed by atoms with van der Waals surface area (Å²) in [6.07, 6.45) is 7.44. The lowest BCUT2D eigenvalue weighted by molar-refractivity contribution is -0.119. The van der Waals surface area contributed by atoms with Gasteiger partial charge < -0.3 is 15.1 Å². The van der Waals surface area contributed by atoms with Crippen LogP contribution in [-0.2, 0) is 17.9 Å². The van der Waals surface area contributed by atoms with Crippen LogP contribution in [0.5, 0.6) is 0 Å². The standard InChI is InChI=1S/C21H22ClN7O/c1-27-18-11-24-21(26-19(18)29-8-2-3-17(29)20(27)30)23-9-15-10-25-28(13-15)12-14-4-6-16(22)7-5-14/h4-7,10-11,13,17H,2-3,8-9,12H2,1H3,(H,23,24,26)/t17-/m0/s1. The first-order valence-corrected chi connectivity index (χ1v) is 10.4. The highest BCUT2D eigenvalue weighted by molar-refractivity contribution is 6.30. The fraction of sp³-hybridized carbons (Fsp3) is 0.333. The predicted molar refractivity (Wildman–Crippen MR) is 116 cm³/mol. The van der Waals surface area contributed by atoms with Gasteiger partial charge in [0.05, 0.1) is 18.9 Å². The van der Waals surface area contributed by atoms with Crippen LogP contribution in [0.2, 0.25) is 5.02 Å². The summed E-state index contributed by atoms with van der Waals surface area (Å²) in [5.41, 5.74) is 2.94. The number of carbonyl (C=O) groups excluding carboxylic acids is 1. The van der Waals surface area contributed by atoms with Crippen molar-refractivity contribution in [1.82, 2.24) is 19.7 Å². The minimum absolute atomic E-state index is 0.101. The summed E-state index contributed by atoms with van der Waals surface area (Å²) in [5, 5.41) is 8.43. The molecule has 0 aliphatic carbocycles. The van der Waals surface area contributed by atoms with Crippen molar-refractivity contribution >= 4 is 35.0 Å². The Hall–Kier alpha value is -3.13. The lowest BCUT2D eigenvalue weighted by Gasteiger charge is -2.36. The van der Waals surface area contributed by atoms with Crippen LogP contribution in [0.15, 0.2) is 42.9 Å². The zero-order valence-corrected chi connectivity index (χ0v) is 17.4. The molecule has 0 radical (unpaired) electrons. The molecule has 0 bridgehead atoms. The Bertz CT molecular complexity index is 1080. The van der Waals surface area contributed by atoms with Crippen molar-refractivity contribution in [3.8, 4) is 0 Å². The topological polar surface area (TPSA) is 79.2 Å². The SMILES string of the molecule is CN1C(=O)[C@@H]2CCCN2c2nc(NCc3cnn(Cc4ccc(Cl)cc4)c3)ncc21. The van der Waals surface area contributed by atoms with Crippen LogP contribution in [0.3, 0.4) is 0 Å². The highest BCUT2D eigenvalue weighted by atomic mass is 35.5. The molecule has 2 aliphatic heterocycles. The molecule has 0 spiro atoms. The maximum absolute atomic E-state index is 12.5. The molecule has 8 nitrogen and oxygen atoms in total. The third-order valence-corrected chi connectivity index (χ3v) is 5.90. The normalized spacial score (nSPS) is 17.8. The summed E-state index contributed by atoms with van der Waals surface area (Å²) < 4.78 is 1.89. The van der Waals surface area contributed by atoms with E-state index in [1.807, 2.05) is 41.3 Å². The zero-order chi connectivity index (χ0) is 20.7. The minimum atomic E-state index is -0.101. The Morgan fingerprint density at radius 3 is 2.87 bits per heavy atom. The third-order valence-electron chi connectivity index (χ3n) is 5.65. The molecule has 154 valence electrons. The van der Waals surface area contributed by atoms with Gasteiger partial charge in [0.15, 0.2) is 5.82 Å². The quantitative estimate of drug-likeness (QED) is 0.679. The predicted octanol–water partition coefficient (Wildman–Crippen LogP) is 2.93. The number of halogens is 1. The Labute approximate surface area is 179 Å². The highest BCUT2D eigenvalue weighted by Gasteiger charge is 2.40. The molecule has 0 saturated carbocycles. The molecule has 1 amide bonds.